The van der Waals surface area contributed by atoms with Gasteiger partial charge in [-0.2, -0.15) is 0 Å². The van der Waals surface area contributed by atoms with Crippen molar-refractivity contribution in [2.75, 3.05) is 11.5 Å². The van der Waals surface area contributed by atoms with Crippen LogP contribution in [0.5, 0.6) is 11.5 Å². The molecule has 0 heterocycles. The topological polar surface area (TPSA) is 123 Å². The summed E-state index contributed by atoms with van der Waals surface area (Å²) in [5.74, 6) is 1.83. The third kappa shape index (κ3) is 3.69. The van der Waals surface area contributed by atoms with Crippen LogP contribution in [-0.4, -0.2) is 11.3 Å². The Hall–Kier alpha value is -2.96. The van der Waals surface area contributed by atoms with Crippen molar-refractivity contribution in [3.8, 4) is 11.5 Å². The average Bonchev–Trinajstić information content (AvgIpc) is 2.62. The summed E-state index contributed by atoms with van der Waals surface area (Å²) >= 11 is 0. The Balaban J connectivity index is 1.94. The second kappa shape index (κ2) is 6.89. The van der Waals surface area contributed by atoms with Gasteiger partial charge in [0.2, 0.25) is 5.72 Å². The third-order valence-corrected chi connectivity index (χ3v) is 5.04. The van der Waals surface area contributed by atoms with E-state index in [1.165, 1.54) is 0 Å². The van der Waals surface area contributed by atoms with Crippen molar-refractivity contribution < 1.29 is 9.47 Å². The van der Waals surface area contributed by atoms with Gasteiger partial charge in [-0.3, -0.25) is 5.73 Å². The first-order valence-electron chi connectivity index (χ1n) is 9.10. The van der Waals surface area contributed by atoms with E-state index in [1.54, 1.807) is 60.7 Å². The lowest BCUT2D eigenvalue weighted by molar-refractivity contribution is 0.00244. The summed E-state index contributed by atoms with van der Waals surface area (Å²) in [5, 5.41) is 0. The van der Waals surface area contributed by atoms with Crippen LogP contribution in [0.2, 0.25) is 0 Å². The lowest BCUT2D eigenvalue weighted by atomic mass is 9.66. The molecule has 2 aromatic carbocycles. The standard InChI is InChI=1S/C22H28N4O2/c1-20(2,3)21(25)14-19(27-17-8-4-15(23)5-9-17)12-13-22(21,26)28-18-10-6-16(24)7-11-18/h4-14H,23-26H2,1-3H3. The van der Waals surface area contributed by atoms with E-state index < -0.39 is 16.7 Å². The van der Waals surface area contributed by atoms with Crippen molar-refractivity contribution >= 4 is 11.4 Å². The van der Waals surface area contributed by atoms with Gasteiger partial charge >= 0.3 is 0 Å². The fraction of sp³-hybridized carbons (Fsp3) is 0.273. The van der Waals surface area contributed by atoms with E-state index in [2.05, 4.69) is 0 Å². The molecule has 1 aliphatic carbocycles. The van der Waals surface area contributed by atoms with Crippen molar-refractivity contribution in [2.24, 2.45) is 16.9 Å². The van der Waals surface area contributed by atoms with Crippen LogP contribution >= 0.6 is 0 Å². The van der Waals surface area contributed by atoms with Gasteiger partial charge in [-0.15, -0.1) is 0 Å². The molecule has 148 valence electrons. The third-order valence-electron chi connectivity index (χ3n) is 5.04. The summed E-state index contributed by atoms with van der Waals surface area (Å²) in [4.78, 5) is 0. The SMILES string of the molecule is CC(C)(C)C1(N)C=C(Oc2ccc(N)cc2)C=CC1(N)Oc1ccc(N)cc1. The molecule has 0 radical (unpaired) electrons. The van der Waals surface area contributed by atoms with Gasteiger partial charge in [0.05, 0.1) is 0 Å². The quantitative estimate of drug-likeness (QED) is 0.477. The van der Waals surface area contributed by atoms with Gasteiger partial charge in [-0.25, -0.2) is 0 Å². The van der Waals surface area contributed by atoms with E-state index in [1.807, 2.05) is 26.8 Å². The summed E-state index contributed by atoms with van der Waals surface area (Å²) in [6, 6.07) is 14.2. The number of ether oxygens (including phenoxy) is 2. The fourth-order valence-corrected chi connectivity index (χ4v) is 3.12. The van der Waals surface area contributed by atoms with Crippen molar-refractivity contribution in [1.82, 2.24) is 0 Å². The van der Waals surface area contributed by atoms with E-state index in [4.69, 9.17) is 32.4 Å². The molecular formula is C22H28N4O2. The Labute approximate surface area is 165 Å². The average molecular weight is 380 g/mol. The highest BCUT2D eigenvalue weighted by Gasteiger charge is 2.55. The van der Waals surface area contributed by atoms with E-state index in [0.717, 1.165) is 0 Å². The zero-order valence-electron chi connectivity index (χ0n) is 16.5. The van der Waals surface area contributed by atoms with Crippen LogP contribution in [0.4, 0.5) is 11.4 Å². The predicted octanol–water partition coefficient (Wildman–Crippen LogP) is 3.16. The van der Waals surface area contributed by atoms with E-state index in [0.29, 0.717) is 28.6 Å². The maximum absolute atomic E-state index is 6.86. The number of allylic oxidation sites excluding steroid dienone is 1. The van der Waals surface area contributed by atoms with Gasteiger partial charge in [0.15, 0.2) is 0 Å². The first-order chi connectivity index (χ1) is 13.0. The molecule has 2 unspecified atom stereocenters. The molecule has 0 bridgehead atoms. The van der Waals surface area contributed by atoms with Crippen LogP contribution in [0, 0.1) is 5.41 Å². The molecule has 0 spiro atoms. The van der Waals surface area contributed by atoms with E-state index in [-0.39, 0.29) is 0 Å². The smallest absolute Gasteiger partial charge is 0.200 e. The number of nitrogens with two attached hydrogens (primary N) is 4. The number of hydrogen-bond acceptors (Lipinski definition) is 6. The molecule has 0 aromatic heterocycles. The van der Waals surface area contributed by atoms with Gasteiger partial charge in [-0.05, 0) is 72.2 Å². The zero-order chi connectivity index (χ0) is 20.6. The monoisotopic (exact) mass is 380 g/mol. The molecular weight excluding hydrogens is 352 g/mol. The molecule has 0 saturated carbocycles. The van der Waals surface area contributed by atoms with E-state index in [9.17, 15) is 0 Å². The molecule has 0 amide bonds. The Bertz CT molecular complexity index is 898. The summed E-state index contributed by atoms with van der Waals surface area (Å²) in [6.07, 6.45) is 5.33. The van der Waals surface area contributed by atoms with Crippen LogP contribution in [0.1, 0.15) is 20.8 Å². The normalized spacial score (nSPS) is 24.5. The van der Waals surface area contributed by atoms with Crippen molar-refractivity contribution in [3.05, 3.63) is 72.5 Å². The molecule has 6 nitrogen and oxygen atoms in total. The Morgan fingerprint density at radius 2 is 1.29 bits per heavy atom. The van der Waals surface area contributed by atoms with Gasteiger partial charge in [-0.1, -0.05) is 20.8 Å². The molecule has 0 aliphatic heterocycles. The highest BCUT2D eigenvalue weighted by Crippen LogP contribution is 2.42. The summed E-state index contributed by atoms with van der Waals surface area (Å²) in [7, 11) is 0. The predicted molar refractivity (Wildman–Crippen MR) is 113 cm³/mol. The number of hydrogen-bond donors (Lipinski definition) is 4. The molecule has 8 N–H and O–H groups in total. The highest BCUT2D eigenvalue weighted by molar-refractivity contribution is 5.45. The summed E-state index contributed by atoms with van der Waals surface area (Å²) in [5.41, 5.74) is 23.6. The number of nitrogen functional groups attached to an aromatic ring is 2. The van der Waals surface area contributed by atoms with Crippen LogP contribution < -0.4 is 32.4 Å². The molecule has 1 aliphatic rings. The lowest BCUT2D eigenvalue weighted by Gasteiger charge is -2.51. The maximum Gasteiger partial charge on any atom is 0.200 e. The van der Waals surface area contributed by atoms with Crippen LogP contribution in [0.15, 0.2) is 72.5 Å². The largest absolute Gasteiger partial charge is 0.467 e. The highest BCUT2D eigenvalue weighted by atomic mass is 16.5. The van der Waals surface area contributed by atoms with Crippen LogP contribution in [0.25, 0.3) is 0 Å². The van der Waals surface area contributed by atoms with Gasteiger partial charge < -0.3 is 26.7 Å². The summed E-state index contributed by atoms with van der Waals surface area (Å²) < 4.78 is 12.1. The number of anilines is 2. The summed E-state index contributed by atoms with van der Waals surface area (Å²) in [6.45, 7) is 6.03. The minimum atomic E-state index is -1.28. The molecule has 2 aromatic rings. The van der Waals surface area contributed by atoms with Crippen LogP contribution in [0.3, 0.4) is 0 Å². The fourth-order valence-electron chi connectivity index (χ4n) is 3.12. The van der Waals surface area contributed by atoms with Gasteiger partial charge in [0.1, 0.15) is 22.8 Å². The number of rotatable bonds is 4. The number of benzene rings is 2. The Morgan fingerprint density at radius 3 is 1.79 bits per heavy atom. The van der Waals surface area contributed by atoms with Gasteiger partial charge in [0.25, 0.3) is 0 Å². The second-order valence-electron chi connectivity index (χ2n) is 8.13. The van der Waals surface area contributed by atoms with Crippen molar-refractivity contribution in [1.29, 1.82) is 0 Å². The lowest BCUT2D eigenvalue weighted by Crippen LogP contribution is -2.73. The molecule has 28 heavy (non-hydrogen) atoms. The molecule has 2 atom stereocenters. The van der Waals surface area contributed by atoms with Crippen molar-refractivity contribution in [2.45, 2.75) is 32.0 Å². The molecule has 3 rings (SSSR count). The first-order valence-corrected chi connectivity index (χ1v) is 9.10. The minimum Gasteiger partial charge on any atom is -0.467 e. The maximum atomic E-state index is 6.86. The Morgan fingerprint density at radius 1 is 0.786 bits per heavy atom. The molecule has 0 saturated heterocycles. The van der Waals surface area contributed by atoms with Gasteiger partial charge in [0, 0.05) is 11.4 Å². The van der Waals surface area contributed by atoms with Crippen LogP contribution in [-0.2, 0) is 0 Å². The van der Waals surface area contributed by atoms with E-state index >= 15 is 0 Å². The molecule has 0 fully saturated rings. The Kier molecular flexibility index (Phi) is 4.87. The zero-order valence-corrected chi connectivity index (χ0v) is 16.5. The minimum absolute atomic E-state index is 0.434. The van der Waals surface area contributed by atoms with Crippen molar-refractivity contribution in [3.63, 3.8) is 0 Å². The molecule has 6 heteroatoms. The second-order valence-corrected chi connectivity index (χ2v) is 8.13. The first kappa shape index (κ1) is 19.8.